The zero-order valence-electron chi connectivity index (χ0n) is 8.59. The van der Waals surface area contributed by atoms with Gasteiger partial charge in [0, 0.05) is 6.54 Å². The van der Waals surface area contributed by atoms with Gasteiger partial charge < -0.3 is 10.4 Å². The number of nitrogens with one attached hydrogen (secondary N) is 1. The molecule has 1 aromatic rings. The summed E-state index contributed by atoms with van der Waals surface area (Å²) in [5, 5.41) is 13.5. The lowest BCUT2D eigenvalue weighted by Gasteiger charge is -2.21. The molecule has 1 aromatic carbocycles. The highest BCUT2D eigenvalue weighted by atomic mass is 16.3. The molecule has 1 atom stereocenters. The van der Waals surface area contributed by atoms with E-state index in [1.807, 2.05) is 12.1 Å². The van der Waals surface area contributed by atoms with Gasteiger partial charge in [-0.05, 0) is 30.5 Å². The minimum Gasteiger partial charge on any atom is -0.384 e. The van der Waals surface area contributed by atoms with E-state index < -0.39 is 5.60 Å². The van der Waals surface area contributed by atoms with E-state index in [1.165, 1.54) is 5.56 Å². The van der Waals surface area contributed by atoms with Gasteiger partial charge in [-0.15, -0.1) is 0 Å². The highest BCUT2D eigenvalue weighted by Crippen LogP contribution is 2.27. The molecule has 1 aliphatic rings. The van der Waals surface area contributed by atoms with Crippen LogP contribution in [0.1, 0.15) is 24.5 Å². The molecule has 0 amide bonds. The van der Waals surface area contributed by atoms with Gasteiger partial charge >= 0.3 is 0 Å². The van der Waals surface area contributed by atoms with Crippen molar-refractivity contribution in [3.63, 3.8) is 0 Å². The van der Waals surface area contributed by atoms with Crippen LogP contribution in [-0.4, -0.2) is 18.2 Å². The minimum atomic E-state index is -0.633. The Bertz CT molecular complexity index is 299. The Hall–Kier alpha value is -0.860. The van der Waals surface area contributed by atoms with Crippen molar-refractivity contribution >= 4 is 0 Å². The zero-order chi connectivity index (χ0) is 10.0. The fourth-order valence-corrected chi connectivity index (χ4v) is 1.98. The third kappa shape index (κ3) is 1.68. The lowest BCUT2D eigenvalue weighted by molar-refractivity contribution is 0.0587. The van der Waals surface area contributed by atoms with Gasteiger partial charge in [0.1, 0.15) is 5.60 Å². The summed E-state index contributed by atoms with van der Waals surface area (Å²) < 4.78 is 0. The van der Waals surface area contributed by atoms with E-state index in [0.717, 1.165) is 24.9 Å². The molecular formula is C12H17NO. The smallest absolute Gasteiger partial charge is 0.103 e. The molecule has 2 nitrogen and oxygen atoms in total. The van der Waals surface area contributed by atoms with Gasteiger partial charge in [0.2, 0.25) is 0 Å². The fourth-order valence-electron chi connectivity index (χ4n) is 1.98. The quantitative estimate of drug-likeness (QED) is 0.741. The van der Waals surface area contributed by atoms with Crippen LogP contribution in [0.15, 0.2) is 24.3 Å². The molecule has 0 aliphatic carbocycles. The van der Waals surface area contributed by atoms with Crippen molar-refractivity contribution in [3.8, 4) is 0 Å². The number of hydrogen-bond donors (Lipinski definition) is 2. The van der Waals surface area contributed by atoms with Crippen molar-refractivity contribution in [2.24, 2.45) is 0 Å². The van der Waals surface area contributed by atoms with E-state index in [4.69, 9.17) is 0 Å². The van der Waals surface area contributed by atoms with Crippen molar-refractivity contribution in [1.29, 1.82) is 0 Å². The van der Waals surface area contributed by atoms with Crippen LogP contribution in [0.2, 0.25) is 0 Å². The lowest BCUT2D eigenvalue weighted by Crippen LogP contribution is -2.28. The van der Waals surface area contributed by atoms with Crippen molar-refractivity contribution in [3.05, 3.63) is 35.4 Å². The van der Waals surface area contributed by atoms with Crippen molar-refractivity contribution in [2.45, 2.75) is 25.4 Å². The summed E-state index contributed by atoms with van der Waals surface area (Å²) in [5.74, 6) is 0. The molecule has 14 heavy (non-hydrogen) atoms. The monoisotopic (exact) mass is 191 g/mol. The van der Waals surface area contributed by atoms with Crippen molar-refractivity contribution < 1.29 is 5.11 Å². The Kier molecular flexibility index (Phi) is 2.57. The van der Waals surface area contributed by atoms with Gasteiger partial charge in [-0.25, -0.2) is 0 Å². The minimum absolute atomic E-state index is 0.633. The predicted molar refractivity (Wildman–Crippen MR) is 57.2 cm³/mol. The van der Waals surface area contributed by atoms with E-state index in [1.54, 1.807) is 0 Å². The van der Waals surface area contributed by atoms with Gasteiger partial charge in [-0.2, -0.15) is 0 Å². The number of β-amino-alcohol motifs (C(OH)–C–C–N with tert-alkyl or cyclic N) is 1. The maximum atomic E-state index is 10.3. The Balaban J connectivity index is 2.23. The summed E-state index contributed by atoms with van der Waals surface area (Å²) in [7, 11) is 0. The maximum absolute atomic E-state index is 10.3. The summed E-state index contributed by atoms with van der Waals surface area (Å²) in [4.78, 5) is 0. The van der Waals surface area contributed by atoms with Crippen LogP contribution in [0.25, 0.3) is 0 Å². The second-order valence-corrected chi connectivity index (χ2v) is 4.01. The number of aliphatic hydroxyl groups is 1. The summed E-state index contributed by atoms with van der Waals surface area (Å²) in [6.07, 6.45) is 1.87. The zero-order valence-corrected chi connectivity index (χ0v) is 8.59. The molecule has 1 unspecified atom stereocenters. The summed E-state index contributed by atoms with van der Waals surface area (Å²) >= 11 is 0. The van der Waals surface area contributed by atoms with Gasteiger partial charge in [0.15, 0.2) is 0 Å². The first kappa shape index (κ1) is 9.69. The number of rotatable bonds is 2. The van der Waals surface area contributed by atoms with E-state index in [0.29, 0.717) is 6.54 Å². The van der Waals surface area contributed by atoms with Gasteiger partial charge in [0.25, 0.3) is 0 Å². The van der Waals surface area contributed by atoms with Crippen LogP contribution < -0.4 is 5.32 Å². The SMILES string of the molecule is CCc1ccc(C2(O)CCNC2)cc1. The average Bonchev–Trinajstić information content (AvgIpc) is 2.67. The highest BCUT2D eigenvalue weighted by molar-refractivity contribution is 5.28. The standard InChI is InChI=1S/C12H17NO/c1-2-10-3-5-11(6-4-10)12(14)7-8-13-9-12/h3-6,13-14H,2,7-9H2,1H3. The Morgan fingerprint density at radius 3 is 2.57 bits per heavy atom. The van der Waals surface area contributed by atoms with E-state index in [2.05, 4.69) is 24.4 Å². The molecule has 1 heterocycles. The maximum Gasteiger partial charge on any atom is 0.103 e. The van der Waals surface area contributed by atoms with Crippen LogP contribution in [0, 0.1) is 0 Å². The normalized spacial score (nSPS) is 26.7. The largest absolute Gasteiger partial charge is 0.384 e. The van der Waals surface area contributed by atoms with Crippen molar-refractivity contribution in [2.75, 3.05) is 13.1 Å². The first-order valence-corrected chi connectivity index (χ1v) is 5.27. The molecule has 1 fully saturated rings. The molecule has 2 rings (SSSR count). The Morgan fingerprint density at radius 1 is 1.36 bits per heavy atom. The second-order valence-electron chi connectivity index (χ2n) is 4.01. The fraction of sp³-hybridized carbons (Fsp3) is 0.500. The van der Waals surface area contributed by atoms with Gasteiger partial charge in [-0.3, -0.25) is 0 Å². The summed E-state index contributed by atoms with van der Waals surface area (Å²) in [6, 6.07) is 8.30. The molecular weight excluding hydrogens is 174 g/mol. The predicted octanol–water partition coefficient (Wildman–Crippen LogP) is 1.43. The average molecular weight is 191 g/mol. The molecule has 2 N–H and O–H groups in total. The molecule has 76 valence electrons. The third-order valence-electron chi connectivity index (χ3n) is 3.03. The number of hydrogen-bond acceptors (Lipinski definition) is 2. The first-order valence-electron chi connectivity index (χ1n) is 5.27. The summed E-state index contributed by atoms with van der Waals surface area (Å²) in [5.41, 5.74) is 1.73. The molecule has 1 saturated heterocycles. The Morgan fingerprint density at radius 2 is 2.07 bits per heavy atom. The molecule has 2 heteroatoms. The summed E-state index contributed by atoms with van der Waals surface area (Å²) in [6.45, 7) is 3.73. The number of benzene rings is 1. The van der Waals surface area contributed by atoms with Crippen LogP contribution in [-0.2, 0) is 12.0 Å². The molecule has 0 bridgehead atoms. The molecule has 1 aliphatic heterocycles. The topological polar surface area (TPSA) is 32.3 Å². The number of aryl methyl sites for hydroxylation is 1. The van der Waals surface area contributed by atoms with Crippen LogP contribution in [0.4, 0.5) is 0 Å². The molecule has 0 spiro atoms. The third-order valence-corrected chi connectivity index (χ3v) is 3.03. The van der Waals surface area contributed by atoms with E-state index in [-0.39, 0.29) is 0 Å². The van der Waals surface area contributed by atoms with Gasteiger partial charge in [0.05, 0.1) is 0 Å². The highest BCUT2D eigenvalue weighted by Gasteiger charge is 2.32. The Labute approximate surface area is 85.0 Å². The second kappa shape index (κ2) is 3.71. The lowest BCUT2D eigenvalue weighted by atomic mass is 9.92. The van der Waals surface area contributed by atoms with E-state index >= 15 is 0 Å². The van der Waals surface area contributed by atoms with Crippen LogP contribution in [0.5, 0.6) is 0 Å². The van der Waals surface area contributed by atoms with Crippen LogP contribution in [0.3, 0.4) is 0 Å². The molecule has 0 saturated carbocycles. The molecule has 0 aromatic heterocycles. The first-order chi connectivity index (χ1) is 6.74. The molecule has 0 radical (unpaired) electrons. The van der Waals surface area contributed by atoms with Crippen LogP contribution >= 0.6 is 0 Å². The van der Waals surface area contributed by atoms with E-state index in [9.17, 15) is 5.11 Å². The van der Waals surface area contributed by atoms with Crippen molar-refractivity contribution in [1.82, 2.24) is 5.32 Å². The van der Waals surface area contributed by atoms with Gasteiger partial charge in [-0.1, -0.05) is 31.2 Å².